The fourth-order valence-electron chi connectivity index (χ4n) is 0.851. The van der Waals surface area contributed by atoms with Crippen LogP contribution in [0.5, 0.6) is 0 Å². The molecule has 0 saturated carbocycles. The number of halogens is 2. The number of hydrogen-bond donors (Lipinski definition) is 1. The average Bonchev–Trinajstić information content (AvgIpc) is 2.32. The fraction of sp³-hybridized carbons (Fsp3) is 0. The Morgan fingerprint density at radius 1 is 1.55 bits per heavy atom. The first kappa shape index (κ1) is 7.06. The van der Waals surface area contributed by atoms with Gasteiger partial charge in [-0.2, -0.15) is 5.10 Å². The topological polar surface area (TPSA) is 41.6 Å². The molecule has 0 aliphatic carbocycles. The smallest absolute Gasteiger partial charge is 0.177 e. The van der Waals surface area contributed by atoms with Crippen molar-refractivity contribution in [1.29, 1.82) is 0 Å². The second-order valence-corrected chi connectivity index (χ2v) is 3.34. The van der Waals surface area contributed by atoms with Crippen molar-refractivity contribution in [2.45, 2.75) is 0 Å². The minimum atomic E-state index is 0.410. The summed E-state index contributed by atoms with van der Waals surface area (Å²) in [5.41, 5.74) is 1.54. The predicted molar refractivity (Wildman–Crippen MR) is 46.6 cm³/mol. The van der Waals surface area contributed by atoms with Crippen LogP contribution in [-0.2, 0) is 0 Å². The van der Waals surface area contributed by atoms with E-state index in [4.69, 9.17) is 11.6 Å². The number of rotatable bonds is 0. The molecule has 2 heterocycles. The molecule has 0 spiro atoms. The summed E-state index contributed by atoms with van der Waals surface area (Å²) >= 11 is 8.99. The highest BCUT2D eigenvalue weighted by Crippen LogP contribution is 2.20. The standard InChI is InChI=1S/C6H3BrClN3/c7-3-1-4-5(9-2-3)6(8)11-10-4/h1-2H,(H,10,11). The SMILES string of the molecule is Clc1n[nH]c2cc(Br)cnc12. The van der Waals surface area contributed by atoms with E-state index >= 15 is 0 Å². The first-order valence-corrected chi connectivity index (χ1v) is 4.09. The van der Waals surface area contributed by atoms with Crippen molar-refractivity contribution >= 4 is 38.6 Å². The number of nitrogens with zero attached hydrogens (tertiary/aromatic N) is 2. The van der Waals surface area contributed by atoms with Crippen LogP contribution in [0.1, 0.15) is 0 Å². The van der Waals surface area contributed by atoms with Gasteiger partial charge in [0.2, 0.25) is 0 Å². The van der Waals surface area contributed by atoms with Crippen LogP contribution >= 0.6 is 27.5 Å². The largest absolute Gasteiger partial charge is 0.275 e. The summed E-state index contributed by atoms with van der Waals surface area (Å²) in [6.45, 7) is 0. The Bertz CT molecular complexity index is 398. The number of pyridine rings is 1. The van der Waals surface area contributed by atoms with Gasteiger partial charge in [-0.1, -0.05) is 11.6 Å². The van der Waals surface area contributed by atoms with Gasteiger partial charge in [-0.25, -0.2) is 0 Å². The first-order chi connectivity index (χ1) is 5.27. The Kier molecular flexibility index (Phi) is 1.58. The van der Waals surface area contributed by atoms with Crippen molar-refractivity contribution in [3.8, 4) is 0 Å². The van der Waals surface area contributed by atoms with Crippen LogP contribution in [0.25, 0.3) is 11.0 Å². The molecule has 2 aromatic heterocycles. The van der Waals surface area contributed by atoms with Crippen molar-refractivity contribution in [1.82, 2.24) is 15.2 Å². The third-order valence-corrected chi connectivity index (χ3v) is 2.02. The minimum absolute atomic E-state index is 0.410. The normalized spacial score (nSPS) is 10.7. The van der Waals surface area contributed by atoms with Crippen molar-refractivity contribution < 1.29 is 0 Å². The molecule has 2 rings (SSSR count). The van der Waals surface area contributed by atoms with E-state index in [0.717, 1.165) is 9.99 Å². The number of H-pyrrole nitrogens is 1. The molecule has 0 atom stereocenters. The predicted octanol–water partition coefficient (Wildman–Crippen LogP) is 2.37. The lowest BCUT2D eigenvalue weighted by molar-refractivity contribution is 1.12. The molecule has 56 valence electrons. The second-order valence-electron chi connectivity index (χ2n) is 2.06. The lowest BCUT2D eigenvalue weighted by Crippen LogP contribution is -1.73. The minimum Gasteiger partial charge on any atom is -0.275 e. The van der Waals surface area contributed by atoms with Gasteiger partial charge < -0.3 is 0 Å². The molecule has 0 radical (unpaired) electrons. The molecule has 0 bridgehead atoms. The van der Waals surface area contributed by atoms with E-state index in [9.17, 15) is 0 Å². The highest BCUT2D eigenvalue weighted by atomic mass is 79.9. The zero-order valence-electron chi connectivity index (χ0n) is 5.31. The van der Waals surface area contributed by atoms with Gasteiger partial charge in [-0.3, -0.25) is 10.1 Å². The van der Waals surface area contributed by atoms with Gasteiger partial charge in [0.05, 0.1) is 5.52 Å². The van der Waals surface area contributed by atoms with E-state index in [1.807, 2.05) is 6.07 Å². The Balaban J connectivity index is 2.86. The maximum Gasteiger partial charge on any atom is 0.177 e. The van der Waals surface area contributed by atoms with E-state index < -0.39 is 0 Å². The van der Waals surface area contributed by atoms with Crippen molar-refractivity contribution in [2.75, 3.05) is 0 Å². The average molecular weight is 232 g/mol. The lowest BCUT2D eigenvalue weighted by atomic mass is 10.4. The Morgan fingerprint density at radius 2 is 2.36 bits per heavy atom. The summed E-state index contributed by atoms with van der Waals surface area (Å²) < 4.78 is 0.908. The molecule has 0 fully saturated rings. The molecule has 0 amide bonds. The van der Waals surface area contributed by atoms with Gasteiger partial charge in [0.25, 0.3) is 0 Å². The number of fused-ring (bicyclic) bond motifs is 1. The molecule has 2 aromatic rings. The van der Waals surface area contributed by atoms with E-state index in [-0.39, 0.29) is 0 Å². The van der Waals surface area contributed by atoms with Crippen molar-refractivity contribution in [3.63, 3.8) is 0 Å². The van der Waals surface area contributed by atoms with Crippen LogP contribution in [0.15, 0.2) is 16.7 Å². The third-order valence-electron chi connectivity index (χ3n) is 1.32. The molecule has 0 unspecified atom stereocenters. The number of aromatic nitrogens is 3. The summed E-state index contributed by atoms with van der Waals surface area (Å²) in [6.07, 6.45) is 1.68. The molecule has 3 nitrogen and oxygen atoms in total. The maximum atomic E-state index is 5.70. The molecular formula is C6H3BrClN3. The summed E-state index contributed by atoms with van der Waals surface area (Å²) in [5, 5.41) is 6.96. The second kappa shape index (κ2) is 2.46. The molecule has 11 heavy (non-hydrogen) atoms. The van der Waals surface area contributed by atoms with Crippen LogP contribution < -0.4 is 0 Å². The van der Waals surface area contributed by atoms with E-state index in [0.29, 0.717) is 10.7 Å². The van der Waals surface area contributed by atoms with Crippen molar-refractivity contribution in [2.24, 2.45) is 0 Å². The van der Waals surface area contributed by atoms with Gasteiger partial charge in [-0.15, -0.1) is 0 Å². The van der Waals surface area contributed by atoms with Gasteiger partial charge in [0.15, 0.2) is 5.15 Å². The molecule has 0 aliphatic heterocycles. The molecular weight excluding hydrogens is 229 g/mol. The summed E-state index contributed by atoms with van der Waals surface area (Å²) in [4.78, 5) is 4.07. The lowest BCUT2D eigenvalue weighted by Gasteiger charge is -1.88. The van der Waals surface area contributed by atoms with Crippen LogP contribution in [0.4, 0.5) is 0 Å². The summed E-state index contributed by atoms with van der Waals surface area (Å²) in [6, 6.07) is 1.88. The molecule has 5 heteroatoms. The fourth-order valence-corrected chi connectivity index (χ4v) is 1.38. The van der Waals surface area contributed by atoms with Gasteiger partial charge in [0.1, 0.15) is 5.52 Å². The Labute approximate surface area is 75.9 Å². The quantitative estimate of drug-likeness (QED) is 0.758. The zero-order chi connectivity index (χ0) is 7.84. The Hall–Kier alpha value is -0.610. The summed E-state index contributed by atoms with van der Waals surface area (Å²) in [7, 11) is 0. The van der Waals surface area contributed by atoms with Gasteiger partial charge >= 0.3 is 0 Å². The van der Waals surface area contributed by atoms with Gasteiger partial charge in [-0.05, 0) is 22.0 Å². The van der Waals surface area contributed by atoms with Gasteiger partial charge in [0, 0.05) is 10.7 Å². The number of hydrogen-bond acceptors (Lipinski definition) is 2. The van der Waals surface area contributed by atoms with E-state index in [1.54, 1.807) is 6.20 Å². The molecule has 0 saturated heterocycles. The van der Waals surface area contributed by atoms with Crippen LogP contribution in [-0.4, -0.2) is 15.2 Å². The van der Waals surface area contributed by atoms with E-state index in [2.05, 4.69) is 31.1 Å². The zero-order valence-corrected chi connectivity index (χ0v) is 7.65. The first-order valence-electron chi connectivity index (χ1n) is 2.92. The third kappa shape index (κ3) is 1.12. The van der Waals surface area contributed by atoms with Crippen molar-refractivity contribution in [3.05, 3.63) is 21.9 Å². The number of nitrogens with one attached hydrogen (secondary N) is 1. The van der Waals surface area contributed by atoms with Crippen LogP contribution in [0.3, 0.4) is 0 Å². The molecule has 0 aromatic carbocycles. The monoisotopic (exact) mass is 231 g/mol. The number of aromatic amines is 1. The highest BCUT2D eigenvalue weighted by molar-refractivity contribution is 9.10. The van der Waals surface area contributed by atoms with E-state index in [1.165, 1.54) is 0 Å². The van der Waals surface area contributed by atoms with Crippen LogP contribution in [0.2, 0.25) is 5.15 Å². The maximum absolute atomic E-state index is 5.70. The Morgan fingerprint density at radius 3 is 3.18 bits per heavy atom. The summed E-state index contributed by atoms with van der Waals surface area (Å²) in [5.74, 6) is 0. The highest BCUT2D eigenvalue weighted by Gasteiger charge is 2.03. The molecule has 0 aliphatic rings. The van der Waals surface area contributed by atoms with Crippen LogP contribution in [0, 0.1) is 0 Å². The molecule has 1 N–H and O–H groups in total.